The Labute approximate surface area is 70.7 Å². The summed E-state index contributed by atoms with van der Waals surface area (Å²) in [7, 11) is 0. The number of halogens is 2. The third kappa shape index (κ3) is 2.89. The zero-order chi connectivity index (χ0) is 8.85. The van der Waals surface area contributed by atoms with Crippen LogP contribution < -0.4 is 0 Å². The van der Waals surface area contributed by atoms with Crippen molar-refractivity contribution >= 4 is 12.6 Å². The van der Waals surface area contributed by atoms with Crippen LogP contribution in [0.15, 0.2) is 23.1 Å². The van der Waals surface area contributed by atoms with E-state index in [-0.39, 0.29) is 4.90 Å². The van der Waals surface area contributed by atoms with Gasteiger partial charge in [0.05, 0.1) is 0 Å². The van der Waals surface area contributed by atoms with Crippen molar-refractivity contribution in [1.29, 1.82) is 0 Å². The molecule has 1 aromatic rings. The lowest BCUT2D eigenvalue weighted by atomic mass is 10.3. The van der Waals surface area contributed by atoms with Gasteiger partial charge in [-0.1, -0.05) is 19.9 Å². The summed E-state index contributed by atoms with van der Waals surface area (Å²) in [6, 6.07) is 3.84. The molecule has 0 aromatic heterocycles. The fourth-order valence-electron chi connectivity index (χ4n) is 0.492. The molecule has 0 spiro atoms. The first-order chi connectivity index (χ1) is 5.22. The molecule has 0 saturated carbocycles. The molecule has 0 bridgehead atoms. The maximum Gasteiger partial charge on any atom is 0.172 e. The normalized spacial score (nSPS) is 8.45. The van der Waals surface area contributed by atoms with E-state index in [1.165, 1.54) is 12.1 Å². The number of rotatable bonds is 0. The van der Waals surface area contributed by atoms with Gasteiger partial charge in [0.1, 0.15) is 0 Å². The summed E-state index contributed by atoms with van der Waals surface area (Å²) in [5.41, 5.74) is 0. The second-order valence-electron chi connectivity index (χ2n) is 1.57. The summed E-state index contributed by atoms with van der Waals surface area (Å²) in [6.45, 7) is 4.00. The Morgan fingerprint density at radius 1 is 1.18 bits per heavy atom. The van der Waals surface area contributed by atoms with Gasteiger partial charge in [0.25, 0.3) is 0 Å². The molecule has 1 rings (SSSR count). The smallest absolute Gasteiger partial charge is 0.172 e. The van der Waals surface area contributed by atoms with Crippen molar-refractivity contribution < 1.29 is 8.78 Å². The third-order valence-electron chi connectivity index (χ3n) is 0.931. The van der Waals surface area contributed by atoms with Crippen molar-refractivity contribution in [2.24, 2.45) is 0 Å². The van der Waals surface area contributed by atoms with E-state index in [0.29, 0.717) is 0 Å². The molecule has 0 fully saturated rings. The topological polar surface area (TPSA) is 0 Å². The molecule has 11 heavy (non-hydrogen) atoms. The van der Waals surface area contributed by atoms with E-state index >= 15 is 0 Å². The van der Waals surface area contributed by atoms with Gasteiger partial charge >= 0.3 is 0 Å². The molecule has 0 aliphatic carbocycles. The van der Waals surface area contributed by atoms with Gasteiger partial charge in [0.2, 0.25) is 0 Å². The molecular formula is C8H10F2S. The van der Waals surface area contributed by atoms with E-state index in [0.717, 1.165) is 6.07 Å². The van der Waals surface area contributed by atoms with E-state index in [1.54, 1.807) is 0 Å². The molecule has 0 saturated heterocycles. The van der Waals surface area contributed by atoms with Crippen LogP contribution in [-0.2, 0) is 0 Å². The van der Waals surface area contributed by atoms with Gasteiger partial charge in [-0.2, -0.15) is 0 Å². The van der Waals surface area contributed by atoms with E-state index in [4.69, 9.17) is 0 Å². The van der Waals surface area contributed by atoms with Crippen LogP contribution in [0.3, 0.4) is 0 Å². The molecule has 0 amide bonds. The van der Waals surface area contributed by atoms with Gasteiger partial charge in [0.15, 0.2) is 11.6 Å². The van der Waals surface area contributed by atoms with E-state index in [2.05, 4.69) is 12.6 Å². The SMILES string of the molecule is CC.Fc1cccc(S)c1F. The van der Waals surface area contributed by atoms with Crippen molar-refractivity contribution in [2.75, 3.05) is 0 Å². The van der Waals surface area contributed by atoms with E-state index in [1.807, 2.05) is 13.8 Å². The lowest BCUT2D eigenvalue weighted by Crippen LogP contribution is -1.82. The third-order valence-corrected chi connectivity index (χ3v) is 1.28. The Kier molecular flexibility index (Phi) is 4.86. The zero-order valence-corrected chi connectivity index (χ0v) is 7.33. The second-order valence-corrected chi connectivity index (χ2v) is 2.05. The lowest BCUT2D eigenvalue weighted by molar-refractivity contribution is 0.492. The Morgan fingerprint density at radius 2 is 1.73 bits per heavy atom. The summed E-state index contributed by atoms with van der Waals surface area (Å²) in [4.78, 5) is 0.0370. The molecular weight excluding hydrogens is 166 g/mol. The van der Waals surface area contributed by atoms with Gasteiger partial charge < -0.3 is 0 Å². The molecule has 0 N–H and O–H groups in total. The summed E-state index contributed by atoms with van der Waals surface area (Å²) >= 11 is 3.65. The highest BCUT2D eigenvalue weighted by Gasteiger charge is 2.01. The average molecular weight is 176 g/mol. The summed E-state index contributed by atoms with van der Waals surface area (Å²) in [6.07, 6.45) is 0. The Hall–Kier alpha value is -0.570. The van der Waals surface area contributed by atoms with Gasteiger partial charge in [-0.3, -0.25) is 0 Å². The van der Waals surface area contributed by atoms with Gasteiger partial charge in [0, 0.05) is 4.90 Å². The predicted molar refractivity (Wildman–Crippen MR) is 45.0 cm³/mol. The minimum atomic E-state index is -0.888. The number of hydrogen-bond donors (Lipinski definition) is 1. The van der Waals surface area contributed by atoms with Crippen LogP contribution in [0.25, 0.3) is 0 Å². The van der Waals surface area contributed by atoms with E-state index < -0.39 is 11.6 Å². The molecule has 0 radical (unpaired) electrons. The molecule has 0 unspecified atom stereocenters. The largest absolute Gasteiger partial charge is 0.204 e. The van der Waals surface area contributed by atoms with Gasteiger partial charge in [-0.05, 0) is 12.1 Å². The molecule has 0 nitrogen and oxygen atoms in total. The second kappa shape index (κ2) is 5.13. The monoisotopic (exact) mass is 176 g/mol. The van der Waals surface area contributed by atoms with Crippen LogP contribution in [0.1, 0.15) is 13.8 Å². The van der Waals surface area contributed by atoms with Gasteiger partial charge in [-0.15, -0.1) is 12.6 Å². The van der Waals surface area contributed by atoms with Crippen molar-refractivity contribution in [3.05, 3.63) is 29.8 Å². The quantitative estimate of drug-likeness (QED) is 0.576. The van der Waals surface area contributed by atoms with Crippen molar-refractivity contribution in [3.8, 4) is 0 Å². The van der Waals surface area contributed by atoms with Crippen LogP contribution >= 0.6 is 12.6 Å². The first-order valence-electron chi connectivity index (χ1n) is 3.35. The molecule has 3 heteroatoms. The van der Waals surface area contributed by atoms with Gasteiger partial charge in [-0.25, -0.2) is 8.78 Å². The van der Waals surface area contributed by atoms with Crippen molar-refractivity contribution in [2.45, 2.75) is 18.7 Å². The highest BCUT2D eigenvalue weighted by atomic mass is 32.1. The predicted octanol–water partition coefficient (Wildman–Crippen LogP) is 3.28. The lowest BCUT2D eigenvalue weighted by Gasteiger charge is -1.92. The first kappa shape index (κ1) is 10.4. The van der Waals surface area contributed by atoms with Crippen LogP contribution in [-0.4, -0.2) is 0 Å². The van der Waals surface area contributed by atoms with Crippen LogP contribution in [0.4, 0.5) is 8.78 Å². The number of hydrogen-bond acceptors (Lipinski definition) is 1. The minimum absolute atomic E-state index is 0.0370. The fraction of sp³-hybridized carbons (Fsp3) is 0.250. The summed E-state index contributed by atoms with van der Waals surface area (Å²) in [5.74, 6) is -1.75. The molecule has 0 heterocycles. The standard InChI is InChI=1S/C6H4F2S.C2H6/c7-4-2-1-3-5(9)6(4)8;1-2/h1-3,9H;1-2H3. The zero-order valence-electron chi connectivity index (χ0n) is 6.44. The highest BCUT2D eigenvalue weighted by Crippen LogP contribution is 2.13. The maximum absolute atomic E-state index is 12.3. The summed E-state index contributed by atoms with van der Waals surface area (Å²) in [5, 5.41) is 0. The number of thiol groups is 1. The van der Waals surface area contributed by atoms with Crippen molar-refractivity contribution in [1.82, 2.24) is 0 Å². The van der Waals surface area contributed by atoms with Crippen LogP contribution in [0, 0.1) is 11.6 Å². The maximum atomic E-state index is 12.3. The molecule has 0 aliphatic rings. The fourth-order valence-corrected chi connectivity index (χ4v) is 0.685. The molecule has 0 atom stereocenters. The minimum Gasteiger partial charge on any atom is -0.204 e. The first-order valence-corrected chi connectivity index (χ1v) is 3.79. The molecule has 1 aromatic carbocycles. The Balaban J connectivity index is 0.000000461. The van der Waals surface area contributed by atoms with Crippen LogP contribution in [0.2, 0.25) is 0 Å². The van der Waals surface area contributed by atoms with E-state index in [9.17, 15) is 8.78 Å². The highest BCUT2D eigenvalue weighted by molar-refractivity contribution is 7.80. The summed E-state index contributed by atoms with van der Waals surface area (Å²) < 4.78 is 24.4. The Morgan fingerprint density at radius 3 is 2.09 bits per heavy atom. The Bertz CT molecular complexity index is 203. The molecule has 62 valence electrons. The molecule has 0 aliphatic heterocycles. The van der Waals surface area contributed by atoms with Crippen LogP contribution in [0.5, 0.6) is 0 Å². The number of benzene rings is 1. The van der Waals surface area contributed by atoms with Crippen molar-refractivity contribution in [3.63, 3.8) is 0 Å². The average Bonchev–Trinajstić information content (AvgIpc) is 2.04.